The lowest BCUT2D eigenvalue weighted by atomic mass is 9.80. The van der Waals surface area contributed by atoms with Gasteiger partial charge in [-0.15, -0.1) is 0 Å². The Morgan fingerprint density at radius 2 is 1.28 bits per heavy atom. The molecule has 1 aliphatic carbocycles. The summed E-state index contributed by atoms with van der Waals surface area (Å²) >= 11 is 0. The highest BCUT2D eigenvalue weighted by atomic mass is 16.8. The zero-order valence-corrected chi connectivity index (χ0v) is 18.7. The first-order chi connectivity index (χ1) is 15.5. The molecule has 0 bridgehead atoms. The zero-order valence-electron chi connectivity index (χ0n) is 18.7. The van der Waals surface area contributed by atoms with E-state index in [1.807, 2.05) is 32.0 Å². The monoisotopic (exact) mass is 426 g/mol. The molecule has 3 atom stereocenters. The quantitative estimate of drug-likeness (QED) is 0.353. The highest BCUT2D eigenvalue weighted by Gasteiger charge is 2.51. The molecule has 164 valence electrons. The fraction of sp³-hybridized carbons (Fsp3) is 0.310. The number of benzene rings is 3. The van der Waals surface area contributed by atoms with Gasteiger partial charge in [0.15, 0.2) is 5.79 Å². The van der Waals surface area contributed by atoms with E-state index >= 15 is 0 Å². The van der Waals surface area contributed by atoms with E-state index in [0.717, 1.165) is 28.7 Å². The predicted molar refractivity (Wildman–Crippen MR) is 126 cm³/mol. The molecule has 0 aromatic heterocycles. The Kier molecular flexibility index (Phi) is 5.50. The Bertz CT molecular complexity index is 963. The molecule has 0 radical (unpaired) electrons. The van der Waals surface area contributed by atoms with Crippen LogP contribution >= 0.6 is 0 Å². The molecule has 3 heteroatoms. The van der Waals surface area contributed by atoms with Gasteiger partial charge >= 0.3 is 0 Å². The van der Waals surface area contributed by atoms with Crippen molar-refractivity contribution in [1.29, 1.82) is 0 Å². The second-order valence-corrected chi connectivity index (χ2v) is 9.23. The van der Waals surface area contributed by atoms with Crippen LogP contribution in [0.15, 0.2) is 103 Å². The lowest BCUT2D eigenvalue weighted by molar-refractivity contribution is -0.156. The SMILES string of the molecule is C=C1C[C@H](COC(c2ccccc2)(c2ccccc2)c2ccccc2)[C@H]2OC(C)(C)O[C@@H]12. The second kappa shape index (κ2) is 8.32. The van der Waals surface area contributed by atoms with Gasteiger partial charge < -0.3 is 14.2 Å². The second-order valence-electron chi connectivity index (χ2n) is 9.23. The molecule has 0 N–H and O–H groups in total. The third-order valence-corrected chi connectivity index (χ3v) is 6.58. The number of ether oxygens (including phenoxy) is 3. The fourth-order valence-electron chi connectivity index (χ4n) is 5.17. The van der Waals surface area contributed by atoms with Gasteiger partial charge in [-0.1, -0.05) is 97.6 Å². The molecule has 5 rings (SSSR count). The highest BCUT2D eigenvalue weighted by Crippen LogP contribution is 2.46. The molecule has 3 aromatic rings. The summed E-state index contributed by atoms with van der Waals surface area (Å²) < 4.78 is 19.4. The standard InChI is InChI=1S/C29H30O3/c1-21-19-22(27-26(21)31-28(2,3)32-27)20-30-29(23-13-7-4-8-14-23,24-15-9-5-10-16-24)25-17-11-6-12-18-25/h4-18,22,26-27H,1,19-20H2,2-3H3/t22-,26+,27-/m1/s1. The van der Waals surface area contributed by atoms with Crippen molar-refractivity contribution in [3.63, 3.8) is 0 Å². The number of hydrogen-bond donors (Lipinski definition) is 0. The van der Waals surface area contributed by atoms with Crippen LogP contribution in [0.25, 0.3) is 0 Å². The molecule has 32 heavy (non-hydrogen) atoms. The normalized spacial score (nSPS) is 24.4. The highest BCUT2D eigenvalue weighted by molar-refractivity contribution is 5.47. The summed E-state index contributed by atoms with van der Waals surface area (Å²) in [5, 5.41) is 0. The molecule has 0 spiro atoms. The van der Waals surface area contributed by atoms with E-state index in [2.05, 4.69) is 79.4 Å². The number of hydrogen-bond acceptors (Lipinski definition) is 3. The van der Waals surface area contributed by atoms with E-state index in [1.165, 1.54) is 0 Å². The van der Waals surface area contributed by atoms with Crippen LogP contribution in [0.2, 0.25) is 0 Å². The van der Waals surface area contributed by atoms with Crippen molar-refractivity contribution in [2.45, 2.75) is 43.9 Å². The minimum Gasteiger partial charge on any atom is -0.360 e. The maximum atomic E-state index is 7.02. The minimum atomic E-state index is -0.724. The van der Waals surface area contributed by atoms with Crippen molar-refractivity contribution >= 4 is 0 Å². The third-order valence-electron chi connectivity index (χ3n) is 6.58. The third kappa shape index (κ3) is 3.71. The molecular formula is C29H30O3. The maximum absolute atomic E-state index is 7.02. The van der Waals surface area contributed by atoms with Crippen LogP contribution in [0.5, 0.6) is 0 Å². The maximum Gasteiger partial charge on any atom is 0.164 e. The number of rotatable bonds is 6. The van der Waals surface area contributed by atoms with E-state index in [1.54, 1.807) is 0 Å². The van der Waals surface area contributed by atoms with E-state index in [9.17, 15) is 0 Å². The topological polar surface area (TPSA) is 27.7 Å². The van der Waals surface area contributed by atoms with Crippen molar-refractivity contribution < 1.29 is 14.2 Å². The largest absolute Gasteiger partial charge is 0.360 e. The summed E-state index contributed by atoms with van der Waals surface area (Å²) in [6.45, 7) is 8.75. The molecule has 2 aliphatic rings. The van der Waals surface area contributed by atoms with Crippen molar-refractivity contribution in [2.24, 2.45) is 5.92 Å². The summed E-state index contributed by atoms with van der Waals surface area (Å²) in [5.74, 6) is -0.406. The van der Waals surface area contributed by atoms with Crippen molar-refractivity contribution in [3.05, 3.63) is 120 Å². The Hall–Kier alpha value is -2.72. The van der Waals surface area contributed by atoms with Crippen LogP contribution in [-0.4, -0.2) is 24.6 Å². The van der Waals surface area contributed by atoms with Crippen LogP contribution in [0.1, 0.15) is 37.0 Å². The summed E-state index contributed by atoms with van der Waals surface area (Å²) in [4.78, 5) is 0. The average Bonchev–Trinajstić information content (AvgIpc) is 3.29. The van der Waals surface area contributed by atoms with Crippen molar-refractivity contribution in [2.75, 3.05) is 6.61 Å². The summed E-state index contributed by atoms with van der Waals surface area (Å²) in [6, 6.07) is 31.5. The molecule has 3 aromatic carbocycles. The molecule has 1 heterocycles. The van der Waals surface area contributed by atoms with Crippen molar-refractivity contribution in [3.8, 4) is 0 Å². The Morgan fingerprint density at radius 1 is 0.812 bits per heavy atom. The van der Waals surface area contributed by atoms with Gasteiger partial charge in [-0.3, -0.25) is 0 Å². The van der Waals surface area contributed by atoms with Crippen molar-refractivity contribution in [1.82, 2.24) is 0 Å². The first-order valence-electron chi connectivity index (χ1n) is 11.3. The van der Waals surface area contributed by atoms with Gasteiger partial charge in [0.25, 0.3) is 0 Å². The fourth-order valence-corrected chi connectivity index (χ4v) is 5.17. The van der Waals surface area contributed by atoms with Crippen LogP contribution in [-0.2, 0) is 19.8 Å². The van der Waals surface area contributed by atoms with Gasteiger partial charge in [0, 0.05) is 5.92 Å². The lowest BCUT2D eigenvalue weighted by Gasteiger charge is -2.37. The number of fused-ring (bicyclic) bond motifs is 1. The van der Waals surface area contributed by atoms with Gasteiger partial charge in [0.05, 0.1) is 12.7 Å². The molecular weight excluding hydrogens is 396 g/mol. The van der Waals surface area contributed by atoms with E-state index in [4.69, 9.17) is 14.2 Å². The van der Waals surface area contributed by atoms with Gasteiger partial charge in [0.1, 0.15) is 11.7 Å². The zero-order chi connectivity index (χ0) is 22.2. The first kappa shape index (κ1) is 21.1. The van der Waals surface area contributed by atoms with Crippen LogP contribution in [0.4, 0.5) is 0 Å². The molecule has 1 saturated heterocycles. The molecule has 3 nitrogen and oxygen atoms in total. The molecule has 0 unspecified atom stereocenters. The van der Waals surface area contributed by atoms with Gasteiger partial charge in [-0.05, 0) is 42.5 Å². The van der Waals surface area contributed by atoms with E-state index in [-0.39, 0.29) is 18.1 Å². The van der Waals surface area contributed by atoms with Gasteiger partial charge in [0.2, 0.25) is 0 Å². The smallest absolute Gasteiger partial charge is 0.164 e. The Balaban J connectivity index is 1.56. The van der Waals surface area contributed by atoms with Gasteiger partial charge in [-0.25, -0.2) is 0 Å². The first-order valence-corrected chi connectivity index (χ1v) is 11.3. The summed E-state index contributed by atoms with van der Waals surface area (Å²) in [5.41, 5.74) is 3.69. The predicted octanol–water partition coefficient (Wildman–Crippen LogP) is 6.09. The Labute approximate surface area is 190 Å². The average molecular weight is 427 g/mol. The summed E-state index contributed by atoms with van der Waals surface area (Å²) in [6.07, 6.45) is 0.760. The van der Waals surface area contributed by atoms with Crippen LogP contribution in [0.3, 0.4) is 0 Å². The summed E-state index contributed by atoms with van der Waals surface area (Å²) in [7, 11) is 0. The molecule has 1 aliphatic heterocycles. The van der Waals surface area contributed by atoms with E-state index < -0.39 is 11.4 Å². The van der Waals surface area contributed by atoms with E-state index in [0.29, 0.717) is 6.61 Å². The van der Waals surface area contributed by atoms with Crippen LogP contribution in [0, 0.1) is 5.92 Å². The van der Waals surface area contributed by atoms with Crippen LogP contribution < -0.4 is 0 Å². The Morgan fingerprint density at radius 3 is 1.75 bits per heavy atom. The van der Waals surface area contributed by atoms with Gasteiger partial charge in [-0.2, -0.15) is 0 Å². The lowest BCUT2D eigenvalue weighted by Crippen LogP contribution is -2.37. The molecule has 2 fully saturated rings. The molecule has 1 saturated carbocycles. The minimum absolute atomic E-state index is 0.0301. The molecule has 0 amide bonds.